The fraction of sp³-hybridized carbons (Fsp3) is 0.440. The first-order valence-corrected chi connectivity index (χ1v) is 12.2. The molecule has 5 rings (SSSR count). The molecule has 2 aliphatic rings. The zero-order chi connectivity index (χ0) is 22.3. The van der Waals surface area contributed by atoms with Crippen LogP contribution in [0.3, 0.4) is 0 Å². The average molecular weight is 452 g/mol. The van der Waals surface area contributed by atoms with Gasteiger partial charge in [0.05, 0.1) is 20.2 Å². The molecule has 1 fully saturated rings. The summed E-state index contributed by atoms with van der Waals surface area (Å²) in [6.07, 6.45) is 5.52. The molecular formula is C25H29N3O3S. The van der Waals surface area contributed by atoms with Crippen molar-refractivity contribution in [2.75, 3.05) is 7.11 Å². The Morgan fingerprint density at radius 1 is 1.22 bits per heavy atom. The molecule has 7 heteroatoms. The molecule has 1 atom stereocenters. The van der Waals surface area contributed by atoms with Gasteiger partial charge in [0.2, 0.25) is 5.91 Å². The fourth-order valence-electron chi connectivity index (χ4n) is 5.10. The third-order valence-corrected chi connectivity index (χ3v) is 7.93. The van der Waals surface area contributed by atoms with Crippen molar-refractivity contribution in [2.24, 2.45) is 0 Å². The molecule has 3 aromatic rings. The van der Waals surface area contributed by atoms with Crippen molar-refractivity contribution in [3.05, 3.63) is 53.0 Å². The lowest BCUT2D eigenvalue weighted by Crippen LogP contribution is -2.64. The Bertz CT molecular complexity index is 1160. The van der Waals surface area contributed by atoms with Crippen LogP contribution in [-0.2, 0) is 17.9 Å². The summed E-state index contributed by atoms with van der Waals surface area (Å²) < 4.78 is 7.56. The number of aromatic nitrogens is 1. The van der Waals surface area contributed by atoms with Gasteiger partial charge in [0.1, 0.15) is 21.8 Å². The van der Waals surface area contributed by atoms with Gasteiger partial charge >= 0.3 is 0 Å². The molecule has 0 unspecified atom stereocenters. The number of rotatable bonds is 5. The van der Waals surface area contributed by atoms with Gasteiger partial charge < -0.3 is 19.5 Å². The molecule has 1 aliphatic heterocycles. The summed E-state index contributed by atoms with van der Waals surface area (Å²) in [5, 5.41) is 6.36. The van der Waals surface area contributed by atoms with Crippen molar-refractivity contribution < 1.29 is 14.3 Å². The molecule has 1 aliphatic carbocycles. The first-order valence-electron chi connectivity index (χ1n) is 11.3. The van der Waals surface area contributed by atoms with Gasteiger partial charge in [-0.05, 0) is 43.3 Å². The van der Waals surface area contributed by atoms with Crippen LogP contribution in [0, 0.1) is 0 Å². The van der Waals surface area contributed by atoms with Crippen molar-refractivity contribution in [3.8, 4) is 5.75 Å². The number of hydrogen-bond donors (Lipinski definition) is 1. The Morgan fingerprint density at radius 2 is 2.00 bits per heavy atom. The Kier molecular flexibility index (Phi) is 5.45. The molecule has 2 amide bonds. The third-order valence-electron chi connectivity index (χ3n) is 6.98. The van der Waals surface area contributed by atoms with Gasteiger partial charge in [0, 0.05) is 17.0 Å². The van der Waals surface area contributed by atoms with E-state index in [9.17, 15) is 9.59 Å². The minimum absolute atomic E-state index is 0.0725. The summed E-state index contributed by atoms with van der Waals surface area (Å²) >= 11 is 1.61. The molecular weight excluding hydrogens is 422 g/mol. The molecule has 0 radical (unpaired) electrons. The predicted molar refractivity (Wildman–Crippen MR) is 126 cm³/mol. The quantitative estimate of drug-likeness (QED) is 0.618. The Hall–Kier alpha value is -2.80. The van der Waals surface area contributed by atoms with Gasteiger partial charge in [-0.1, -0.05) is 37.5 Å². The molecule has 6 nitrogen and oxygen atoms in total. The smallest absolute Gasteiger partial charge is 0.271 e. The summed E-state index contributed by atoms with van der Waals surface area (Å²) in [6.45, 7) is 2.66. The second-order valence-corrected chi connectivity index (χ2v) is 9.98. The average Bonchev–Trinajstić information content (AvgIpc) is 3.40. The van der Waals surface area contributed by atoms with E-state index in [4.69, 9.17) is 4.74 Å². The molecule has 3 heterocycles. The van der Waals surface area contributed by atoms with Crippen molar-refractivity contribution in [1.29, 1.82) is 0 Å². The van der Waals surface area contributed by atoms with E-state index < -0.39 is 5.54 Å². The standard InChI is InChI=1S/C25H29N3O3S/c1-25(24(30)26-19-9-4-3-5-10-19)16-27-20(14-17-12-13-32-23(17)27)22(29)28(25)15-18-8-6-7-11-21(18)31-2/h6-8,11-14,19H,3-5,9-10,15-16H2,1-2H3,(H,26,30)/t25-/m1/s1. The van der Waals surface area contributed by atoms with E-state index in [0.29, 0.717) is 18.8 Å². The van der Waals surface area contributed by atoms with E-state index >= 15 is 0 Å². The molecule has 0 saturated heterocycles. The highest BCUT2D eigenvalue weighted by Crippen LogP contribution is 2.36. The molecule has 0 bridgehead atoms. The predicted octanol–water partition coefficient (Wildman–Crippen LogP) is 4.58. The van der Waals surface area contributed by atoms with Crippen molar-refractivity contribution in [1.82, 2.24) is 14.8 Å². The first-order chi connectivity index (χ1) is 15.5. The lowest BCUT2D eigenvalue weighted by atomic mass is 9.91. The molecule has 0 spiro atoms. The Labute approximate surface area is 192 Å². The van der Waals surface area contributed by atoms with Crippen LogP contribution in [0.5, 0.6) is 5.75 Å². The topological polar surface area (TPSA) is 63.6 Å². The fourth-order valence-corrected chi connectivity index (χ4v) is 5.99. The maximum atomic E-state index is 13.8. The number of para-hydroxylation sites is 1. The maximum absolute atomic E-state index is 13.8. The summed E-state index contributed by atoms with van der Waals surface area (Å²) in [7, 11) is 1.63. The number of nitrogens with zero attached hydrogens (tertiary/aromatic N) is 2. The van der Waals surface area contributed by atoms with Crippen LogP contribution in [0.15, 0.2) is 41.8 Å². The second kappa shape index (κ2) is 8.28. The SMILES string of the molecule is COc1ccccc1CN1C(=O)c2cc3ccsc3n2C[C@]1(C)C(=O)NC1CCCCC1. The summed E-state index contributed by atoms with van der Waals surface area (Å²) in [6, 6.07) is 11.9. The van der Waals surface area contributed by atoms with E-state index in [0.717, 1.165) is 47.2 Å². The van der Waals surface area contributed by atoms with Crippen LogP contribution in [0.4, 0.5) is 0 Å². The normalized spacial score (nSPS) is 21.6. The molecule has 168 valence electrons. The van der Waals surface area contributed by atoms with Crippen LogP contribution in [-0.4, -0.2) is 40.0 Å². The third kappa shape index (κ3) is 3.48. The molecule has 1 N–H and O–H groups in total. The number of amides is 2. The molecule has 1 saturated carbocycles. The lowest BCUT2D eigenvalue weighted by molar-refractivity contribution is -0.134. The number of benzene rings is 1. The highest BCUT2D eigenvalue weighted by atomic mass is 32.1. The number of carbonyl (C=O) groups excluding carboxylic acids is 2. The Balaban J connectivity index is 1.54. The number of ether oxygens (including phenoxy) is 1. The number of nitrogens with one attached hydrogen (secondary N) is 1. The highest BCUT2D eigenvalue weighted by Gasteiger charge is 2.48. The van der Waals surface area contributed by atoms with Crippen molar-refractivity contribution >= 4 is 33.4 Å². The van der Waals surface area contributed by atoms with E-state index in [1.807, 2.05) is 53.3 Å². The number of methoxy groups -OCH3 is 1. The van der Waals surface area contributed by atoms with Gasteiger partial charge in [0.25, 0.3) is 5.91 Å². The number of thiophene rings is 1. The van der Waals surface area contributed by atoms with Gasteiger partial charge in [-0.15, -0.1) is 11.3 Å². The van der Waals surface area contributed by atoms with E-state index in [1.165, 1.54) is 6.42 Å². The largest absolute Gasteiger partial charge is 0.496 e. The van der Waals surface area contributed by atoms with Crippen LogP contribution >= 0.6 is 11.3 Å². The minimum atomic E-state index is -1.00. The lowest BCUT2D eigenvalue weighted by Gasteiger charge is -2.45. The summed E-state index contributed by atoms with van der Waals surface area (Å²) in [5.41, 5.74) is 0.532. The molecule has 1 aromatic carbocycles. The summed E-state index contributed by atoms with van der Waals surface area (Å²) in [5.74, 6) is 0.529. The van der Waals surface area contributed by atoms with Crippen LogP contribution in [0.2, 0.25) is 0 Å². The Morgan fingerprint density at radius 3 is 2.78 bits per heavy atom. The van der Waals surface area contributed by atoms with E-state index in [1.54, 1.807) is 23.3 Å². The number of carbonyl (C=O) groups is 2. The monoisotopic (exact) mass is 451 g/mol. The summed E-state index contributed by atoms with van der Waals surface area (Å²) in [4.78, 5) is 30.3. The highest BCUT2D eigenvalue weighted by molar-refractivity contribution is 7.16. The molecule has 32 heavy (non-hydrogen) atoms. The minimum Gasteiger partial charge on any atom is -0.496 e. The van der Waals surface area contributed by atoms with E-state index in [2.05, 4.69) is 5.32 Å². The zero-order valence-electron chi connectivity index (χ0n) is 18.6. The van der Waals surface area contributed by atoms with Crippen LogP contribution < -0.4 is 10.1 Å². The van der Waals surface area contributed by atoms with Gasteiger partial charge in [-0.2, -0.15) is 0 Å². The van der Waals surface area contributed by atoms with Gasteiger partial charge in [-0.3, -0.25) is 9.59 Å². The molecule has 2 aromatic heterocycles. The van der Waals surface area contributed by atoms with Gasteiger partial charge in [-0.25, -0.2) is 0 Å². The van der Waals surface area contributed by atoms with Crippen molar-refractivity contribution in [2.45, 2.75) is 63.7 Å². The first kappa shape index (κ1) is 21.1. The zero-order valence-corrected chi connectivity index (χ0v) is 19.4. The number of fused-ring (bicyclic) bond motifs is 3. The van der Waals surface area contributed by atoms with E-state index in [-0.39, 0.29) is 17.9 Å². The van der Waals surface area contributed by atoms with Crippen molar-refractivity contribution in [3.63, 3.8) is 0 Å². The maximum Gasteiger partial charge on any atom is 0.271 e. The van der Waals surface area contributed by atoms with Gasteiger partial charge in [0.15, 0.2) is 0 Å². The second-order valence-electron chi connectivity index (χ2n) is 9.08. The van der Waals surface area contributed by atoms with Crippen LogP contribution in [0.1, 0.15) is 55.1 Å². The van der Waals surface area contributed by atoms with Crippen LogP contribution in [0.25, 0.3) is 10.2 Å². The number of hydrogen-bond acceptors (Lipinski definition) is 4.